The second-order valence-electron chi connectivity index (χ2n) is 12.1. The minimum atomic E-state index is -0.762. The van der Waals surface area contributed by atoms with Crippen molar-refractivity contribution in [3.05, 3.63) is 65.5 Å². The minimum absolute atomic E-state index is 0.0296. The molecule has 43 heavy (non-hydrogen) atoms. The summed E-state index contributed by atoms with van der Waals surface area (Å²) < 4.78 is 10.6. The number of hydrogen-bond acceptors (Lipinski definition) is 7. The van der Waals surface area contributed by atoms with Crippen LogP contribution in [0.3, 0.4) is 0 Å². The van der Waals surface area contributed by atoms with E-state index < -0.39 is 23.9 Å². The van der Waals surface area contributed by atoms with E-state index in [1.165, 1.54) is 14.0 Å². The molecule has 1 aromatic heterocycles. The molecule has 5 atom stereocenters. The predicted octanol–water partition coefficient (Wildman–Crippen LogP) is 5.39. The molecule has 0 aliphatic heterocycles. The van der Waals surface area contributed by atoms with Crippen LogP contribution in [0, 0.1) is 23.7 Å². The van der Waals surface area contributed by atoms with Crippen LogP contribution in [0.5, 0.6) is 0 Å². The van der Waals surface area contributed by atoms with Gasteiger partial charge in [0.15, 0.2) is 0 Å². The van der Waals surface area contributed by atoms with Crippen LogP contribution >= 0.6 is 0 Å². The van der Waals surface area contributed by atoms with Crippen molar-refractivity contribution in [1.29, 1.82) is 0 Å². The molecule has 0 saturated heterocycles. The number of ether oxygens (including phenoxy) is 2. The molecule has 2 aromatic rings. The number of nitrogens with one attached hydrogen (secondary N) is 1. The molecule has 0 fully saturated rings. The van der Waals surface area contributed by atoms with Crippen LogP contribution in [0.25, 0.3) is 0 Å². The Bertz CT molecular complexity index is 1220. The fourth-order valence-electron chi connectivity index (χ4n) is 5.13. The molecule has 2 rings (SSSR count). The van der Waals surface area contributed by atoms with E-state index in [4.69, 9.17) is 9.47 Å². The highest BCUT2D eigenvalue weighted by atomic mass is 16.5. The molecule has 1 aromatic carbocycles. The van der Waals surface area contributed by atoms with E-state index in [-0.39, 0.29) is 47.4 Å². The van der Waals surface area contributed by atoms with Gasteiger partial charge in [-0.2, -0.15) is 0 Å². The highest BCUT2D eigenvalue weighted by Crippen LogP contribution is 2.29. The summed E-state index contributed by atoms with van der Waals surface area (Å²) >= 11 is 0. The molecular weight excluding hydrogens is 546 g/mol. The number of esters is 2. The van der Waals surface area contributed by atoms with E-state index in [9.17, 15) is 19.2 Å². The quantitative estimate of drug-likeness (QED) is 0.275. The molecule has 1 unspecified atom stereocenters. The van der Waals surface area contributed by atoms with Gasteiger partial charge in [-0.1, -0.05) is 77.9 Å². The smallest absolute Gasteiger partial charge is 0.308 e. The highest BCUT2D eigenvalue weighted by Gasteiger charge is 2.32. The summed E-state index contributed by atoms with van der Waals surface area (Å²) in [6.45, 7) is 13.1. The van der Waals surface area contributed by atoms with E-state index in [0.29, 0.717) is 25.0 Å². The van der Waals surface area contributed by atoms with E-state index in [1.807, 2.05) is 65.0 Å². The lowest BCUT2D eigenvalue weighted by Gasteiger charge is -2.36. The van der Waals surface area contributed by atoms with Gasteiger partial charge in [0, 0.05) is 38.4 Å². The lowest BCUT2D eigenvalue weighted by Crippen LogP contribution is -2.45. The second-order valence-corrected chi connectivity index (χ2v) is 12.1. The minimum Gasteiger partial charge on any atom is -0.469 e. The number of rotatable bonds is 15. The molecular formula is C34H49N3O6. The Morgan fingerprint density at radius 2 is 1.53 bits per heavy atom. The van der Waals surface area contributed by atoms with Crippen LogP contribution in [0.1, 0.15) is 89.2 Å². The SMILES string of the molecule is COC(=O)[C@@H](C)C[C@H](Cc1ccccc1)NC(=O)c1cccc([C@@H](C[C@H](C(C)C)N(C)C(=O)C(C)C(C)C)OC(C)=O)n1. The number of carbonyl (C=O) groups is 4. The topological polar surface area (TPSA) is 115 Å². The highest BCUT2D eigenvalue weighted by molar-refractivity contribution is 5.92. The first-order valence-corrected chi connectivity index (χ1v) is 15.1. The third-order valence-corrected chi connectivity index (χ3v) is 8.00. The number of benzene rings is 1. The average Bonchev–Trinajstić information content (AvgIpc) is 2.97. The zero-order valence-electron chi connectivity index (χ0n) is 27.1. The molecule has 1 N–H and O–H groups in total. The van der Waals surface area contributed by atoms with Gasteiger partial charge in [0.05, 0.1) is 18.7 Å². The van der Waals surface area contributed by atoms with E-state index in [1.54, 1.807) is 37.1 Å². The zero-order valence-corrected chi connectivity index (χ0v) is 27.1. The number of aromatic nitrogens is 1. The van der Waals surface area contributed by atoms with Crippen molar-refractivity contribution in [2.45, 2.75) is 85.9 Å². The normalized spacial score (nSPS) is 14.8. The zero-order chi connectivity index (χ0) is 32.3. The Morgan fingerprint density at radius 1 is 0.884 bits per heavy atom. The lowest BCUT2D eigenvalue weighted by atomic mass is 9.91. The Morgan fingerprint density at radius 3 is 2.09 bits per heavy atom. The fourth-order valence-corrected chi connectivity index (χ4v) is 5.13. The maximum absolute atomic E-state index is 13.5. The number of carbonyl (C=O) groups excluding carboxylic acids is 4. The summed E-state index contributed by atoms with van der Waals surface area (Å²) in [7, 11) is 3.14. The van der Waals surface area contributed by atoms with Crippen molar-refractivity contribution < 1.29 is 28.7 Å². The summed E-state index contributed by atoms with van der Waals surface area (Å²) in [6, 6.07) is 14.2. The summed E-state index contributed by atoms with van der Waals surface area (Å²) in [5.74, 6) is -1.51. The largest absolute Gasteiger partial charge is 0.469 e. The van der Waals surface area contributed by atoms with Gasteiger partial charge in [-0.3, -0.25) is 19.2 Å². The first kappa shape index (κ1) is 35.4. The van der Waals surface area contributed by atoms with Crippen LogP contribution in [0.4, 0.5) is 0 Å². The Balaban J connectivity index is 2.34. The van der Waals surface area contributed by atoms with Gasteiger partial charge in [-0.05, 0) is 42.4 Å². The number of hydrogen-bond donors (Lipinski definition) is 1. The predicted molar refractivity (Wildman–Crippen MR) is 166 cm³/mol. The van der Waals surface area contributed by atoms with E-state index in [2.05, 4.69) is 10.3 Å². The molecule has 0 bridgehead atoms. The van der Waals surface area contributed by atoms with Crippen LogP contribution in [0.2, 0.25) is 0 Å². The van der Waals surface area contributed by atoms with Gasteiger partial charge in [0.25, 0.3) is 5.91 Å². The van der Waals surface area contributed by atoms with E-state index >= 15 is 0 Å². The lowest BCUT2D eigenvalue weighted by molar-refractivity contribution is -0.149. The van der Waals surface area contributed by atoms with Crippen molar-refractivity contribution in [2.75, 3.05) is 14.2 Å². The first-order valence-electron chi connectivity index (χ1n) is 15.1. The fraction of sp³-hybridized carbons (Fsp3) is 0.559. The second kappa shape index (κ2) is 16.8. The summed E-state index contributed by atoms with van der Waals surface area (Å²) in [6.07, 6.45) is 0.473. The van der Waals surface area contributed by atoms with Gasteiger partial charge < -0.3 is 19.7 Å². The standard InChI is InChI=1S/C34H49N3O6/c1-21(2)24(6)33(40)37(8)30(22(3)4)20-31(43-25(7)38)28-16-13-17-29(36-28)32(39)35-27(18-23(5)34(41)42-9)19-26-14-11-10-12-15-26/h10-17,21-24,27,30-31H,18-20H2,1-9H3,(H,35,39)/t23-,24?,27+,30+,31+/m0/s1. The number of methoxy groups -OCH3 is 1. The molecule has 236 valence electrons. The summed E-state index contributed by atoms with van der Waals surface area (Å²) in [5, 5.41) is 3.04. The molecule has 0 aliphatic rings. The van der Waals surface area contributed by atoms with Crippen LogP contribution in [0.15, 0.2) is 48.5 Å². The first-order chi connectivity index (χ1) is 20.2. The molecule has 0 spiro atoms. The maximum atomic E-state index is 13.5. The summed E-state index contributed by atoms with van der Waals surface area (Å²) in [5.41, 5.74) is 1.61. The molecule has 9 nitrogen and oxygen atoms in total. The van der Waals surface area contributed by atoms with Crippen molar-refractivity contribution in [1.82, 2.24) is 15.2 Å². The van der Waals surface area contributed by atoms with Gasteiger partial charge >= 0.3 is 11.9 Å². The third kappa shape index (κ3) is 10.8. The molecule has 0 aliphatic carbocycles. The number of nitrogens with zero attached hydrogens (tertiary/aromatic N) is 2. The van der Waals surface area contributed by atoms with E-state index in [0.717, 1.165) is 5.56 Å². The molecule has 0 saturated carbocycles. The van der Waals surface area contributed by atoms with Crippen LogP contribution < -0.4 is 5.32 Å². The van der Waals surface area contributed by atoms with Gasteiger partial charge in [-0.15, -0.1) is 0 Å². The Labute approximate surface area is 256 Å². The third-order valence-electron chi connectivity index (χ3n) is 8.00. The van der Waals surface area contributed by atoms with Crippen LogP contribution in [-0.2, 0) is 30.3 Å². The molecule has 2 amide bonds. The molecule has 0 radical (unpaired) electrons. The van der Waals surface area contributed by atoms with Gasteiger partial charge in [-0.25, -0.2) is 4.98 Å². The molecule has 9 heteroatoms. The van der Waals surface area contributed by atoms with Crippen molar-refractivity contribution in [2.24, 2.45) is 23.7 Å². The number of amides is 2. The average molecular weight is 596 g/mol. The van der Waals surface area contributed by atoms with Gasteiger partial charge in [0.1, 0.15) is 11.8 Å². The maximum Gasteiger partial charge on any atom is 0.308 e. The number of pyridine rings is 1. The van der Waals surface area contributed by atoms with Crippen molar-refractivity contribution in [3.63, 3.8) is 0 Å². The molecule has 1 heterocycles. The van der Waals surface area contributed by atoms with Crippen LogP contribution in [-0.4, -0.2) is 59.9 Å². The Kier molecular flexibility index (Phi) is 13.8. The van der Waals surface area contributed by atoms with Gasteiger partial charge in [0.2, 0.25) is 5.91 Å². The van der Waals surface area contributed by atoms with Crippen molar-refractivity contribution in [3.8, 4) is 0 Å². The Hall–Kier alpha value is -3.75. The monoisotopic (exact) mass is 595 g/mol. The summed E-state index contributed by atoms with van der Waals surface area (Å²) in [4.78, 5) is 57.3. The van der Waals surface area contributed by atoms with Crippen molar-refractivity contribution >= 4 is 23.8 Å².